The molecule has 1 unspecified atom stereocenters. The Kier molecular flexibility index (Phi) is 10.6. The zero-order chi connectivity index (χ0) is 29.9. The maximum atomic E-state index is 13.6. The molecule has 40 heavy (non-hydrogen) atoms. The molecule has 1 fully saturated rings. The first kappa shape index (κ1) is 32.6. The molecule has 2 aromatic rings. The number of nitrogens with two attached hydrogens (primary N) is 1. The lowest BCUT2D eigenvalue weighted by atomic mass is 9.84. The van der Waals surface area contributed by atoms with E-state index in [0.29, 0.717) is 13.1 Å². The van der Waals surface area contributed by atoms with Crippen molar-refractivity contribution in [3.63, 3.8) is 0 Å². The average Bonchev–Trinajstić information content (AvgIpc) is 3.38. The van der Waals surface area contributed by atoms with Crippen LogP contribution in [0.15, 0.2) is 11.1 Å². The van der Waals surface area contributed by atoms with E-state index in [4.69, 9.17) is 19.5 Å². The number of nitrogen functional groups attached to an aromatic ring is 1. The van der Waals surface area contributed by atoms with Crippen LogP contribution in [0.2, 0.25) is 0 Å². The van der Waals surface area contributed by atoms with Gasteiger partial charge in [0.1, 0.15) is 12.3 Å². The van der Waals surface area contributed by atoms with Crippen molar-refractivity contribution < 1.29 is 33.4 Å². The summed E-state index contributed by atoms with van der Waals surface area (Å²) in [6.07, 6.45) is -1.37. The van der Waals surface area contributed by atoms with Crippen molar-refractivity contribution in [2.75, 3.05) is 58.5 Å². The molecule has 1 aliphatic heterocycles. The number of hydrogen-bond acceptors (Lipinski definition) is 13. The largest absolute Gasteiger partial charge is 0.405 e. The number of rotatable bonds is 14. The van der Waals surface area contributed by atoms with Crippen LogP contribution in [0.3, 0.4) is 0 Å². The van der Waals surface area contributed by atoms with Gasteiger partial charge in [-0.05, 0) is 27.9 Å². The highest BCUT2D eigenvalue weighted by Gasteiger charge is 2.52. The Balaban J connectivity index is 1.70. The van der Waals surface area contributed by atoms with Crippen LogP contribution in [-0.2, 0) is 23.1 Å². The molecule has 4 atom stereocenters. The van der Waals surface area contributed by atoms with E-state index in [2.05, 4.69) is 20.0 Å². The highest BCUT2D eigenvalue weighted by Crippen LogP contribution is 2.49. The zero-order valence-electron chi connectivity index (χ0n) is 23.6. The fourth-order valence-electron chi connectivity index (χ4n) is 3.97. The number of aliphatic hydroxyl groups is 2. The number of carbonyl (C=O) groups excluding carboxylic acids is 1. The number of nitrogens with one attached hydrogen (secondary N) is 2. The first-order chi connectivity index (χ1) is 18.6. The van der Waals surface area contributed by atoms with Crippen LogP contribution in [-0.4, -0.2) is 105 Å². The lowest BCUT2D eigenvalue weighted by Gasteiger charge is -2.28. The van der Waals surface area contributed by atoms with Crippen molar-refractivity contribution in [1.82, 2.24) is 29.5 Å². The molecular weight excluding hydrogens is 565 g/mol. The summed E-state index contributed by atoms with van der Waals surface area (Å²) in [5.74, 6) is 0.114. The van der Waals surface area contributed by atoms with Crippen molar-refractivity contribution in [2.24, 2.45) is 10.8 Å². The second kappa shape index (κ2) is 13.0. The van der Waals surface area contributed by atoms with E-state index in [9.17, 15) is 24.4 Å². The number of imidazole rings is 1. The Morgan fingerprint density at radius 2 is 2.10 bits per heavy atom. The van der Waals surface area contributed by atoms with Gasteiger partial charge in [-0.15, -0.1) is 0 Å². The third-order valence-corrected chi connectivity index (χ3v) is 9.36. The van der Waals surface area contributed by atoms with E-state index in [1.165, 1.54) is 10.9 Å². The number of hydrogen-bond donors (Lipinski definition) is 5. The quantitative estimate of drug-likeness (QED) is 0.147. The van der Waals surface area contributed by atoms with Gasteiger partial charge in [0.05, 0.1) is 37.7 Å². The lowest BCUT2D eigenvalue weighted by molar-refractivity contribution is -0.119. The van der Waals surface area contributed by atoms with Gasteiger partial charge in [0, 0.05) is 24.3 Å². The van der Waals surface area contributed by atoms with Crippen LogP contribution in [0.5, 0.6) is 0 Å². The van der Waals surface area contributed by atoms with Crippen molar-refractivity contribution in [3.05, 3.63) is 16.7 Å². The minimum absolute atomic E-state index is 0.0605. The number of H-pyrrole nitrogens is 1. The number of fused-ring (bicyclic) bond motifs is 1. The highest BCUT2D eigenvalue weighted by molar-refractivity contribution is 8.13. The van der Waals surface area contributed by atoms with E-state index in [1.54, 1.807) is 27.7 Å². The molecule has 0 radical (unpaired) electrons. The first-order valence-electron chi connectivity index (χ1n) is 12.7. The molecule has 1 saturated heterocycles. The molecule has 0 amide bonds. The molecule has 17 heteroatoms. The maximum absolute atomic E-state index is 13.6. The summed E-state index contributed by atoms with van der Waals surface area (Å²) >= 11 is 0.973. The van der Waals surface area contributed by atoms with E-state index < -0.39 is 42.6 Å². The van der Waals surface area contributed by atoms with E-state index in [1.807, 2.05) is 19.0 Å². The van der Waals surface area contributed by atoms with Crippen molar-refractivity contribution in [1.29, 1.82) is 0 Å². The van der Waals surface area contributed by atoms with Crippen LogP contribution in [0.1, 0.15) is 33.9 Å². The molecular formula is C23H40N7O8PS. The summed E-state index contributed by atoms with van der Waals surface area (Å²) in [6, 6.07) is 0. The van der Waals surface area contributed by atoms with Crippen LogP contribution in [0.4, 0.5) is 5.95 Å². The summed E-state index contributed by atoms with van der Waals surface area (Å²) in [6.45, 7) is 7.04. The number of nitrogens with zero attached hydrogens (tertiary/aromatic N) is 4. The summed E-state index contributed by atoms with van der Waals surface area (Å²) in [7, 11) is -0.148. The fraction of sp³-hybridized carbons (Fsp3) is 0.739. The van der Waals surface area contributed by atoms with Crippen LogP contribution >= 0.6 is 19.5 Å². The third kappa shape index (κ3) is 7.49. The van der Waals surface area contributed by atoms with Crippen molar-refractivity contribution in [3.8, 4) is 0 Å². The average molecular weight is 606 g/mol. The molecule has 2 aromatic heterocycles. The summed E-state index contributed by atoms with van der Waals surface area (Å²) in [5, 5.41) is 23.1. The van der Waals surface area contributed by atoms with Crippen molar-refractivity contribution >= 4 is 41.7 Å². The number of ether oxygens (including phenoxy) is 1. The predicted octanol–water partition coefficient (Wildman–Crippen LogP) is 0.557. The monoisotopic (exact) mass is 605 g/mol. The number of aromatic nitrogens is 4. The SMILES string of the molecule is CN(C)CCNP(=O)(OCCSC(=O)C(C)(C)CO)OC[C@H]1O[C@@H](n2cnc3c(=O)[nH]c(N)nc32)C(C)(C)[C@@H]1O. The molecule has 15 nitrogen and oxygen atoms in total. The molecule has 3 heterocycles. The summed E-state index contributed by atoms with van der Waals surface area (Å²) in [5.41, 5.74) is 3.70. The Hall–Kier alpha value is -1.88. The van der Waals surface area contributed by atoms with E-state index >= 15 is 0 Å². The summed E-state index contributed by atoms with van der Waals surface area (Å²) < 4.78 is 32.5. The normalized spacial score (nSPS) is 22.7. The maximum Gasteiger partial charge on any atom is 0.405 e. The van der Waals surface area contributed by atoms with E-state index in [-0.39, 0.29) is 47.8 Å². The van der Waals surface area contributed by atoms with Gasteiger partial charge in [0.15, 0.2) is 16.3 Å². The van der Waals surface area contributed by atoms with Gasteiger partial charge >= 0.3 is 7.75 Å². The predicted molar refractivity (Wildman–Crippen MR) is 151 cm³/mol. The number of anilines is 1. The topological polar surface area (TPSA) is 207 Å². The Morgan fingerprint density at radius 3 is 2.75 bits per heavy atom. The van der Waals surface area contributed by atoms with Gasteiger partial charge < -0.3 is 25.6 Å². The van der Waals surface area contributed by atoms with Gasteiger partial charge in [-0.1, -0.05) is 25.6 Å². The molecule has 0 bridgehead atoms. The van der Waals surface area contributed by atoms with Gasteiger partial charge in [-0.2, -0.15) is 4.98 Å². The molecule has 0 spiro atoms. The fourth-order valence-corrected chi connectivity index (χ4v) is 6.21. The van der Waals surface area contributed by atoms with Gasteiger partial charge in [0.25, 0.3) is 5.56 Å². The van der Waals surface area contributed by atoms with Gasteiger partial charge in [-0.25, -0.2) is 14.6 Å². The second-order valence-electron chi connectivity index (χ2n) is 11.1. The van der Waals surface area contributed by atoms with Crippen LogP contribution < -0.4 is 16.4 Å². The number of thioether (sulfide) groups is 1. The minimum Gasteiger partial charge on any atom is -0.395 e. The molecule has 0 aromatic carbocycles. The molecule has 0 saturated carbocycles. The molecule has 226 valence electrons. The second-order valence-corrected chi connectivity index (χ2v) is 14.0. The lowest BCUT2D eigenvalue weighted by Crippen LogP contribution is -2.36. The Labute approximate surface area is 236 Å². The molecule has 0 aliphatic carbocycles. The number of aromatic amines is 1. The standard InChI is InChI=1S/C23H40N7O8PS/c1-22(2,12-31)20(34)40-10-9-36-39(35,26-7-8-29(5)6)37-11-14-16(32)23(3,4)19(38-14)30-13-25-15-17(30)27-21(24)28-18(15)33/h13-14,16,19,31-32H,7-12H2,1-6H3,(H,26,35)(H3,24,27,28,33)/t14-,16-,19-,39?/m1/s1. The Morgan fingerprint density at radius 1 is 1.40 bits per heavy atom. The smallest absolute Gasteiger partial charge is 0.395 e. The minimum atomic E-state index is -3.87. The molecule has 3 rings (SSSR count). The zero-order valence-corrected chi connectivity index (χ0v) is 25.3. The van der Waals surface area contributed by atoms with Crippen LogP contribution in [0, 0.1) is 10.8 Å². The number of carbonyl (C=O) groups is 1. The van der Waals surface area contributed by atoms with E-state index in [0.717, 1.165) is 11.8 Å². The first-order valence-corrected chi connectivity index (χ1v) is 15.3. The number of likely N-dealkylation sites (N-methyl/N-ethyl adjacent to an activating group) is 1. The van der Waals surface area contributed by atoms with Crippen LogP contribution in [0.25, 0.3) is 11.2 Å². The summed E-state index contributed by atoms with van der Waals surface area (Å²) in [4.78, 5) is 37.1. The van der Waals surface area contributed by atoms with Gasteiger partial charge in [-0.3, -0.25) is 28.2 Å². The molecule has 1 aliphatic rings. The van der Waals surface area contributed by atoms with Gasteiger partial charge in [0.2, 0.25) is 5.95 Å². The third-order valence-electron chi connectivity index (χ3n) is 6.56. The Bertz CT molecular complexity index is 1280. The highest BCUT2D eigenvalue weighted by atomic mass is 32.2. The number of aliphatic hydroxyl groups excluding tert-OH is 2. The molecule has 6 N–H and O–H groups in total. The van der Waals surface area contributed by atoms with Crippen molar-refractivity contribution in [2.45, 2.75) is 46.1 Å².